The van der Waals surface area contributed by atoms with Gasteiger partial charge in [-0.2, -0.15) is 0 Å². The van der Waals surface area contributed by atoms with Crippen LogP contribution in [0.2, 0.25) is 0 Å². The summed E-state index contributed by atoms with van der Waals surface area (Å²) in [5, 5.41) is 12.3. The first kappa shape index (κ1) is 12.0. The number of hydrogen-bond acceptors (Lipinski definition) is 4. The summed E-state index contributed by atoms with van der Waals surface area (Å²) in [6.45, 7) is 3.08. The van der Waals surface area contributed by atoms with E-state index in [0.29, 0.717) is 6.04 Å². The van der Waals surface area contributed by atoms with Crippen LogP contribution >= 0.6 is 0 Å². The average Bonchev–Trinajstić information content (AvgIpc) is 2.78. The van der Waals surface area contributed by atoms with Crippen LogP contribution in [0.15, 0.2) is 24.7 Å². The zero-order chi connectivity index (χ0) is 12.1. The second-order valence-corrected chi connectivity index (χ2v) is 4.04. The van der Waals surface area contributed by atoms with Crippen molar-refractivity contribution in [1.82, 2.24) is 19.7 Å². The molecule has 92 valence electrons. The molecule has 0 amide bonds. The van der Waals surface area contributed by atoms with Crippen LogP contribution in [0.4, 0.5) is 0 Å². The van der Waals surface area contributed by atoms with Gasteiger partial charge in [-0.15, -0.1) is 0 Å². The van der Waals surface area contributed by atoms with Gasteiger partial charge in [0.2, 0.25) is 5.78 Å². The molecule has 17 heavy (non-hydrogen) atoms. The number of aromatic nitrogens is 3. The first-order valence-corrected chi connectivity index (χ1v) is 5.96. The Kier molecular flexibility index (Phi) is 4.06. The Morgan fingerprint density at radius 2 is 2.35 bits per heavy atom. The first-order chi connectivity index (χ1) is 8.35. The van der Waals surface area contributed by atoms with Gasteiger partial charge in [-0.25, -0.2) is 9.97 Å². The van der Waals surface area contributed by atoms with Gasteiger partial charge in [0.25, 0.3) is 0 Å². The van der Waals surface area contributed by atoms with Gasteiger partial charge in [0.05, 0.1) is 11.9 Å². The van der Waals surface area contributed by atoms with E-state index in [4.69, 9.17) is 5.11 Å². The number of rotatable bonds is 6. The van der Waals surface area contributed by atoms with Gasteiger partial charge in [-0.3, -0.25) is 4.40 Å². The van der Waals surface area contributed by atoms with Crippen molar-refractivity contribution in [2.24, 2.45) is 0 Å². The highest BCUT2D eigenvalue weighted by atomic mass is 16.3. The lowest BCUT2D eigenvalue weighted by Gasteiger charge is -2.15. The molecule has 0 radical (unpaired) electrons. The predicted molar refractivity (Wildman–Crippen MR) is 65.6 cm³/mol. The van der Waals surface area contributed by atoms with E-state index in [1.54, 1.807) is 6.20 Å². The van der Waals surface area contributed by atoms with E-state index in [2.05, 4.69) is 22.2 Å². The van der Waals surface area contributed by atoms with Crippen LogP contribution in [0.25, 0.3) is 5.78 Å². The molecule has 2 N–H and O–H groups in total. The molecular weight excluding hydrogens is 216 g/mol. The number of fused-ring (bicyclic) bond motifs is 1. The molecule has 2 aromatic heterocycles. The first-order valence-electron chi connectivity index (χ1n) is 5.96. The number of aliphatic hydroxyl groups excluding tert-OH is 1. The molecule has 0 saturated heterocycles. The maximum absolute atomic E-state index is 8.93. The standard InChI is InChI=1S/C12H18N4O/c1-2-10(4-7-17)14-8-11-9-15-12-13-5-3-6-16(11)12/h3,5-6,9-10,14,17H,2,4,7-8H2,1H3. The Bertz CT molecular complexity index is 468. The molecule has 2 rings (SSSR count). The van der Waals surface area contributed by atoms with Crippen LogP contribution < -0.4 is 5.32 Å². The molecule has 1 unspecified atom stereocenters. The fourth-order valence-electron chi connectivity index (χ4n) is 1.86. The van der Waals surface area contributed by atoms with Crippen molar-refractivity contribution < 1.29 is 5.11 Å². The molecule has 2 heterocycles. The Balaban J connectivity index is 2.03. The van der Waals surface area contributed by atoms with Crippen LogP contribution in [0, 0.1) is 0 Å². The lowest BCUT2D eigenvalue weighted by Crippen LogP contribution is -2.29. The van der Waals surface area contributed by atoms with E-state index < -0.39 is 0 Å². The molecule has 0 bridgehead atoms. The van der Waals surface area contributed by atoms with E-state index in [0.717, 1.165) is 30.9 Å². The highest BCUT2D eigenvalue weighted by molar-refractivity contribution is 5.30. The second-order valence-electron chi connectivity index (χ2n) is 4.04. The van der Waals surface area contributed by atoms with Crippen molar-refractivity contribution in [3.05, 3.63) is 30.4 Å². The van der Waals surface area contributed by atoms with E-state index >= 15 is 0 Å². The largest absolute Gasteiger partial charge is 0.396 e. The lowest BCUT2D eigenvalue weighted by atomic mass is 10.1. The topological polar surface area (TPSA) is 62.5 Å². The third kappa shape index (κ3) is 2.81. The third-order valence-corrected chi connectivity index (χ3v) is 2.91. The molecule has 5 heteroatoms. The Labute approximate surface area is 101 Å². The van der Waals surface area contributed by atoms with Crippen molar-refractivity contribution in [2.45, 2.75) is 32.4 Å². The van der Waals surface area contributed by atoms with Crippen LogP contribution in [-0.2, 0) is 6.54 Å². The molecular formula is C12H18N4O. The summed E-state index contributed by atoms with van der Waals surface area (Å²) in [7, 11) is 0. The quantitative estimate of drug-likeness (QED) is 0.782. The normalized spacial score (nSPS) is 13.1. The molecule has 1 atom stereocenters. The Morgan fingerprint density at radius 3 is 3.12 bits per heavy atom. The fraction of sp³-hybridized carbons (Fsp3) is 0.500. The van der Waals surface area contributed by atoms with Crippen LogP contribution in [0.3, 0.4) is 0 Å². The second kappa shape index (κ2) is 5.75. The minimum atomic E-state index is 0.222. The van der Waals surface area contributed by atoms with Gasteiger partial charge in [0.15, 0.2) is 0 Å². The molecule has 0 aliphatic rings. The average molecular weight is 234 g/mol. The lowest BCUT2D eigenvalue weighted by molar-refractivity contribution is 0.261. The third-order valence-electron chi connectivity index (χ3n) is 2.91. The molecule has 0 fully saturated rings. The highest BCUT2D eigenvalue weighted by Gasteiger charge is 2.07. The minimum absolute atomic E-state index is 0.222. The van der Waals surface area contributed by atoms with Gasteiger partial charge in [-0.1, -0.05) is 6.92 Å². The Morgan fingerprint density at radius 1 is 1.47 bits per heavy atom. The zero-order valence-corrected chi connectivity index (χ0v) is 10.0. The van der Waals surface area contributed by atoms with Crippen LogP contribution in [-0.4, -0.2) is 32.1 Å². The van der Waals surface area contributed by atoms with Crippen LogP contribution in [0.1, 0.15) is 25.5 Å². The number of aliphatic hydroxyl groups is 1. The predicted octanol–water partition coefficient (Wildman–Crippen LogP) is 0.980. The van der Waals surface area contributed by atoms with E-state index in [1.165, 1.54) is 0 Å². The number of imidazole rings is 1. The van der Waals surface area contributed by atoms with Gasteiger partial charge in [-0.05, 0) is 18.9 Å². The van der Waals surface area contributed by atoms with Gasteiger partial charge >= 0.3 is 0 Å². The van der Waals surface area contributed by atoms with E-state index in [1.807, 2.05) is 22.9 Å². The van der Waals surface area contributed by atoms with Crippen LogP contribution in [0.5, 0.6) is 0 Å². The van der Waals surface area contributed by atoms with Crippen molar-refractivity contribution >= 4 is 5.78 Å². The minimum Gasteiger partial charge on any atom is -0.396 e. The molecule has 0 aliphatic carbocycles. The van der Waals surface area contributed by atoms with E-state index in [-0.39, 0.29) is 6.61 Å². The van der Waals surface area contributed by atoms with E-state index in [9.17, 15) is 0 Å². The SMILES string of the molecule is CCC(CCO)NCc1cnc2ncccn12. The van der Waals surface area contributed by atoms with Crippen molar-refractivity contribution in [2.75, 3.05) is 6.61 Å². The molecule has 2 aromatic rings. The summed E-state index contributed by atoms with van der Waals surface area (Å²) in [6.07, 6.45) is 7.32. The van der Waals surface area contributed by atoms with Crippen molar-refractivity contribution in [3.8, 4) is 0 Å². The molecule has 0 aliphatic heterocycles. The summed E-state index contributed by atoms with van der Waals surface area (Å²) in [4.78, 5) is 8.40. The van der Waals surface area contributed by atoms with Gasteiger partial charge in [0, 0.05) is 31.6 Å². The molecule has 0 spiro atoms. The van der Waals surface area contributed by atoms with Crippen molar-refractivity contribution in [3.63, 3.8) is 0 Å². The number of nitrogens with one attached hydrogen (secondary N) is 1. The highest BCUT2D eigenvalue weighted by Crippen LogP contribution is 2.05. The summed E-state index contributed by atoms with van der Waals surface area (Å²) in [5.74, 6) is 0.722. The summed E-state index contributed by atoms with van der Waals surface area (Å²) in [6, 6.07) is 2.24. The molecule has 0 saturated carbocycles. The fourth-order valence-corrected chi connectivity index (χ4v) is 1.86. The maximum Gasteiger partial charge on any atom is 0.233 e. The molecule has 0 aromatic carbocycles. The summed E-state index contributed by atoms with van der Waals surface area (Å²) in [5.41, 5.74) is 1.09. The van der Waals surface area contributed by atoms with Gasteiger partial charge < -0.3 is 10.4 Å². The summed E-state index contributed by atoms with van der Waals surface area (Å²) >= 11 is 0. The molecule has 5 nitrogen and oxygen atoms in total. The smallest absolute Gasteiger partial charge is 0.233 e. The maximum atomic E-state index is 8.93. The Hall–Kier alpha value is -1.46. The monoisotopic (exact) mass is 234 g/mol. The zero-order valence-electron chi connectivity index (χ0n) is 10.0. The number of hydrogen-bond donors (Lipinski definition) is 2. The van der Waals surface area contributed by atoms with Gasteiger partial charge in [0.1, 0.15) is 0 Å². The number of nitrogens with zero attached hydrogens (tertiary/aromatic N) is 3. The summed E-state index contributed by atoms with van der Waals surface area (Å²) < 4.78 is 1.97. The van der Waals surface area contributed by atoms with Crippen molar-refractivity contribution in [1.29, 1.82) is 0 Å².